The fourth-order valence-corrected chi connectivity index (χ4v) is 0. The summed E-state index contributed by atoms with van der Waals surface area (Å²) in [7, 11) is 0. The fraction of sp³-hybridized carbons (Fsp3) is 0. The van der Waals surface area contributed by atoms with Crippen molar-refractivity contribution in [1.29, 1.82) is 0 Å². The van der Waals surface area contributed by atoms with Crippen LogP contribution in [0.4, 0.5) is 4.79 Å². The van der Waals surface area contributed by atoms with Crippen molar-refractivity contribution in [2.75, 3.05) is 0 Å². The molecule has 5 heavy (non-hydrogen) atoms. The summed E-state index contributed by atoms with van der Waals surface area (Å²) >= 11 is 1.39. The molecule has 1 N–H and O–H groups in total. The summed E-state index contributed by atoms with van der Waals surface area (Å²) in [6.07, 6.45) is 0. The van der Waals surface area contributed by atoms with E-state index < -0.39 is 18.6 Å². The van der Waals surface area contributed by atoms with E-state index in [-0.39, 0.29) is 0 Å². The first kappa shape index (κ1) is 5.55. The van der Waals surface area contributed by atoms with Crippen LogP contribution in [-0.4, -0.2) is 37.7 Å². The van der Waals surface area contributed by atoms with E-state index in [0.717, 1.165) is 0 Å². The molecule has 0 saturated heterocycles. The summed E-state index contributed by atoms with van der Waals surface area (Å²) in [5.41, 5.74) is 0. The molecule has 1 atom stereocenters. The Hall–Kier alpha value is 0.548. The van der Waals surface area contributed by atoms with Crippen molar-refractivity contribution in [2.45, 2.75) is 0 Å². The molecule has 0 aromatic rings. The standard InChI is InChI=1S/CH3AsO2Se/c3-1(4)2-5/h2,5H,(H,3,4). The molecule has 0 rings (SSSR count). The number of carbonyl (C=O) groups is 1. The number of hydrogen-bond acceptors (Lipinski definition) is 1. The third-order valence-electron chi connectivity index (χ3n) is 0.0956. The van der Waals surface area contributed by atoms with Gasteiger partial charge in [0.15, 0.2) is 0 Å². The summed E-state index contributed by atoms with van der Waals surface area (Å²) in [6.45, 7) is 0. The molecule has 0 aromatic heterocycles. The molecule has 0 fully saturated rings. The predicted molar refractivity (Wildman–Crippen MR) is 22.3 cm³/mol. The Labute approximate surface area is 42.9 Å². The minimum absolute atomic E-state index is 0.648. The van der Waals surface area contributed by atoms with Crippen LogP contribution in [0.5, 0.6) is 0 Å². The summed E-state index contributed by atoms with van der Waals surface area (Å²) in [5, 5.41) is 7.76. The molecular weight excluding hydrogens is 198 g/mol. The van der Waals surface area contributed by atoms with Crippen LogP contribution >= 0.6 is 0 Å². The van der Waals surface area contributed by atoms with Gasteiger partial charge in [-0.3, -0.25) is 0 Å². The average molecular weight is 201 g/mol. The molecule has 1 unspecified atom stereocenters. The van der Waals surface area contributed by atoms with Crippen LogP contribution in [0.25, 0.3) is 0 Å². The molecule has 0 saturated carbocycles. The molecule has 0 bridgehead atoms. The molecule has 4 heteroatoms. The first-order valence-corrected chi connectivity index (χ1v) is 7.76. The van der Waals surface area contributed by atoms with Crippen LogP contribution in [-0.2, 0) is 0 Å². The predicted octanol–water partition coefficient (Wildman–Crippen LogP) is -1.08. The zero-order chi connectivity index (χ0) is 4.28. The zero-order valence-corrected chi connectivity index (χ0v) is 6.28. The molecule has 0 aliphatic heterocycles. The van der Waals surface area contributed by atoms with Gasteiger partial charge in [0.05, 0.1) is 0 Å². The molecule has 0 amide bonds. The molecule has 0 aliphatic rings. The van der Waals surface area contributed by atoms with E-state index in [9.17, 15) is 4.79 Å². The van der Waals surface area contributed by atoms with Crippen LogP contribution < -0.4 is 0 Å². The van der Waals surface area contributed by atoms with Crippen LogP contribution in [0.3, 0.4) is 0 Å². The number of carboxylic acid groups (broad SMARTS) is 1. The Morgan fingerprint density at radius 3 is 2.20 bits per heavy atom. The molecule has 2 nitrogen and oxygen atoms in total. The van der Waals surface area contributed by atoms with Gasteiger partial charge in [-0.05, 0) is 0 Å². The van der Waals surface area contributed by atoms with Crippen LogP contribution in [0.15, 0.2) is 0 Å². The van der Waals surface area contributed by atoms with Gasteiger partial charge in [-0.15, -0.1) is 0 Å². The van der Waals surface area contributed by atoms with Gasteiger partial charge in [0.25, 0.3) is 0 Å². The Morgan fingerprint density at radius 1 is 2.00 bits per heavy atom. The second-order valence-electron chi connectivity index (χ2n) is 0.417. The Kier molecular flexibility index (Phi) is 3.07. The molecule has 0 heterocycles. The summed E-state index contributed by atoms with van der Waals surface area (Å²) in [4.78, 5) is 9.41. The molecule has 0 spiro atoms. The average Bonchev–Trinajstić information content (AvgIpc) is 1.38. The fourth-order valence-electron chi connectivity index (χ4n) is 0. The van der Waals surface area contributed by atoms with Crippen molar-refractivity contribution in [1.82, 2.24) is 0 Å². The molecule has 0 aliphatic carbocycles. The first-order chi connectivity index (χ1) is 2.27. The zero-order valence-electron chi connectivity index (χ0n) is 2.30. The third-order valence-corrected chi connectivity index (χ3v) is 2.58. The Morgan fingerprint density at radius 2 is 2.20 bits per heavy atom. The summed E-state index contributed by atoms with van der Waals surface area (Å²) < 4.78 is -0.648. The molecule has 30 valence electrons. The van der Waals surface area contributed by atoms with E-state index in [1.807, 2.05) is 0 Å². The third kappa shape index (κ3) is 4.55. The van der Waals surface area contributed by atoms with Gasteiger partial charge < -0.3 is 0 Å². The normalized spacial score (nSPS) is 9.80. The minimum atomic E-state index is -0.701. The maximum absolute atomic E-state index is 9.41. The van der Waals surface area contributed by atoms with Crippen LogP contribution in [0.1, 0.15) is 0 Å². The Balaban J connectivity index is 2.85. The van der Waals surface area contributed by atoms with Crippen molar-refractivity contribution < 1.29 is 9.90 Å². The maximum atomic E-state index is 9.41. The van der Waals surface area contributed by atoms with Crippen molar-refractivity contribution in [3.05, 3.63) is 0 Å². The van der Waals surface area contributed by atoms with Crippen molar-refractivity contribution in [3.63, 3.8) is 0 Å². The van der Waals surface area contributed by atoms with E-state index in [2.05, 4.69) is 14.0 Å². The van der Waals surface area contributed by atoms with Gasteiger partial charge >= 0.3 is 42.5 Å². The molecular formula is CH3AsO2Se. The van der Waals surface area contributed by atoms with Crippen molar-refractivity contribution in [2.24, 2.45) is 0 Å². The summed E-state index contributed by atoms with van der Waals surface area (Å²) in [6, 6.07) is 0. The van der Waals surface area contributed by atoms with E-state index in [0.29, 0.717) is 0 Å². The SMILES string of the molecule is O=C(O)[AsH][SeH]. The quantitative estimate of drug-likeness (QED) is 0.547. The van der Waals surface area contributed by atoms with Gasteiger partial charge in [0, 0.05) is 0 Å². The van der Waals surface area contributed by atoms with Gasteiger partial charge in [0.2, 0.25) is 0 Å². The first-order valence-electron chi connectivity index (χ1n) is 0.901. The topological polar surface area (TPSA) is 37.3 Å². The number of hydrogen-bond donors (Lipinski definition) is 1. The van der Waals surface area contributed by atoms with Crippen LogP contribution in [0.2, 0.25) is 0 Å². The van der Waals surface area contributed by atoms with Gasteiger partial charge in [-0.25, -0.2) is 0 Å². The second-order valence-corrected chi connectivity index (χ2v) is 4.22. The van der Waals surface area contributed by atoms with E-state index in [1.54, 1.807) is 0 Å². The van der Waals surface area contributed by atoms with Crippen molar-refractivity contribution in [3.8, 4) is 0 Å². The van der Waals surface area contributed by atoms with Crippen LogP contribution in [0, 0.1) is 0 Å². The second kappa shape index (κ2) is 2.77. The van der Waals surface area contributed by atoms with Crippen molar-refractivity contribution >= 4 is 32.6 Å². The van der Waals surface area contributed by atoms with Gasteiger partial charge in [-0.2, -0.15) is 0 Å². The Bertz CT molecular complexity index is 44.9. The monoisotopic (exact) mass is 202 g/mol. The van der Waals surface area contributed by atoms with E-state index >= 15 is 0 Å². The van der Waals surface area contributed by atoms with Gasteiger partial charge in [-0.1, -0.05) is 0 Å². The number of rotatable bonds is 1. The summed E-state index contributed by atoms with van der Waals surface area (Å²) in [5.74, 6) is 0. The molecule has 0 radical (unpaired) electrons. The van der Waals surface area contributed by atoms with Gasteiger partial charge in [0.1, 0.15) is 0 Å². The van der Waals surface area contributed by atoms with E-state index in [4.69, 9.17) is 5.11 Å². The molecule has 0 aromatic carbocycles. The van der Waals surface area contributed by atoms with E-state index in [1.165, 1.54) is 0 Å².